The van der Waals surface area contributed by atoms with Crippen LogP contribution in [0.5, 0.6) is 11.5 Å². The molecule has 0 radical (unpaired) electrons. The van der Waals surface area contributed by atoms with Gasteiger partial charge >= 0.3 is 0 Å². The van der Waals surface area contributed by atoms with E-state index in [1.165, 1.54) is 6.26 Å². The molecule has 0 saturated carbocycles. The molecule has 4 rings (SSSR count). The summed E-state index contributed by atoms with van der Waals surface area (Å²) < 4.78 is 29.5. The van der Waals surface area contributed by atoms with Gasteiger partial charge < -0.3 is 10.1 Å². The standard InChI is InChI=1S/C21H21N3O4S/c1-29(26,27)20-11-17-18(12-23-20)22-13-19(17)24-21(25)14-7-9-16(10-8-14)28-15-5-3-2-4-6-15/h2-10,13,18,20,23H,11-12H2,1H3,(H,24,25). The Bertz CT molecular complexity index is 1080. The number of benzene rings is 2. The van der Waals surface area contributed by atoms with Crippen molar-refractivity contribution in [3.8, 4) is 11.5 Å². The quantitative estimate of drug-likeness (QED) is 0.787. The number of carbonyl (C=O) groups excluding carboxylic acids is 1. The number of allylic oxidation sites excluding steroid dienone is 1. The predicted octanol–water partition coefficient (Wildman–Crippen LogP) is 2.28. The molecule has 8 heteroatoms. The van der Waals surface area contributed by atoms with Crippen molar-refractivity contribution in [2.75, 3.05) is 12.8 Å². The summed E-state index contributed by atoms with van der Waals surface area (Å²) >= 11 is 0. The summed E-state index contributed by atoms with van der Waals surface area (Å²) in [5, 5.41) is 5.21. The predicted molar refractivity (Wildman–Crippen MR) is 111 cm³/mol. The third-order valence-corrected chi connectivity index (χ3v) is 6.30. The first kappa shape index (κ1) is 19.4. The Morgan fingerprint density at radius 1 is 1.10 bits per heavy atom. The number of nitrogens with zero attached hydrogens (tertiary/aromatic N) is 1. The van der Waals surface area contributed by atoms with Gasteiger partial charge in [0.1, 0.15) is 16.9 Å². The zero-order valence-corrected chi connectivity index (χ0v) is 16.6. The van der Waals surface area contributed by atoms with Gasteiger partial charge in [-0.05, 0) is 42.0 Å². The Labute approximate surface area is 169 Å². The first-order chi connectivity index (χ1) is 13.9. The van der Waals surface area contributed by atoms with Crippen LogP contribution in [0.4, 0.5) is 0 Å². The van der Waals surface area contributed by atoms with Crippen LogP contribution in [-0.4, -0.2) is 44.8 Å². The number of hydrogen-bond acceptors (Lipinski definition) is 6. The van der Waals surface area contributed by atoms with Gasteiger partial charge in [0.2, 0.25) is 0 Å². The number of nitrogens with one attached hydrogen (secondary N) is 2. The highest BCUT2D eigenvalue weighted by Crippen LogP contribution is 2.27. The summed E-state index contributed by atoms with van der Waals surface area (Å²) in [6, 6.07) is 16.1. The fraction of sp³-hybridized carbons (Fsp3) is 0.238. The van der Waals surface area contributed by atoms with Gasteiger partial charge in [-0.3, -0.25) is 15.1 Å². The molecule has 7 nitrogen and oxygen atoms in total. The number of rotatable bonds is 5. The van der Waals surface area contributed by atoms with E-state index < -0.39 is 15.2 Å². The Morgan fingerprint density at radius 3 is 2.48 bits per heavy atom. The van der Waals surface area contributed by atoms with E-state index in [1.54, 1.807) is 30.5 Å². The zero-order chi connectivity index (χ0) is 20.4. The lowest BCUT2D eigenvalue weighted by Gasteiger charge is -2.27. The number of hydrogen-bond donors (Lipinski definition) is 2. The van der Waals surface area contributed by atoms with Gasteiger partial charge in [-0.1, -0.05) is 18.2 Å². The number of piperidine rings is 1. The van der Waals surface area contributed by atoms with E-state index in [2.05, 4.69) is 15.6 Å². The molecule has 0 aromatic heterocycles. The third kappa shape index (κ3) is 4.38. The molecule has 2 unspecified atom stereocenters. The number of sulfone groups is 1. The van der Waals surface area contributed by atoms with Gasteiger partial charge in [0.25, 0.3) is 5.91 Å². The number of para-hydroxylation sites is 1. The number of ether oxygens (including phenoxy) is 1. The summed E-state index contributed by atoms with van der Waals surface area (Å²) in [4.78, 5) is 17.0. The van der Waals surface area contributed by atoms with E-state index >= 15 is 0 Å². The lowest BCUT2D eigenvalue weighted by atomic mass is 10.0. The highest BCUT2D eigenvalue weighted by atomic mass is 32.2. The second-order valence-electron chi connectivity index (χ2n) is 7.06. The second-order valence-corrected chi connectivity index (χ2v) is 9.29. The molecule has 2 aliphatic heterocycles. The lowest BCUT2D eigenvalue weighted by molar-refractivity contribution is 0.0967. The Hall–Kier alpha value is -2.97. The van der Waals surface area contributed by atoms with Crippen molar-refractivity contribution in [3.63, 3.8) is 0 Å². The first-order valence-electron chi connectivity index (χ1n) is 9.23. The topological polar surface area (TPSA) is 96.9 Å². The Balaban J connectivity index is 1.45. The maximum Gasteiger partial charge on any atom is 0.255 e. The van der Waals surface area contributed by atoms with Crippen molar-refractivity contribution in [2.24, 2.45) is 4.99 Å². The SMILES string of the molecule is CS(=O)(=O)C1CC2=C(NC(=O)c3ccc(Oc4ccccc4)cc3)C=NC2CN1. The summed E-state index contributed by atoms with van der Waals surface area (Å²) in [5.74, 6) is 1.07. The molecule has 0 aliphatic carbocycles. The van der Waals surface area contributed by atoms with Gasteiger partial charge in [0.05, 0.1) is 11.7 Å². The summed E-state index contributed by atoms with van der Waals surface area (Å²) in [6.45, 7) is 0.439. The molecule has 2 heterocycles. The van der Waals surface area contributed by atoms with Crippen molar-refractivity contribution < 1.29 is 17.9 Å². The molecule has 2 N–H and O–H groups in total. The number of fused-ring (bicyclic) bond motifs is 1. The van der Waals surface area contributed by atoms with E-state index in [-0.39, 0.29) is 11.9 Å². The molecular formula is C21H21N3O4S. The van der Waals surface area contributed by atoms with Gasteiger partial charge in [0.15, 0.2) is 9.84 Å². The van der Waals surface area contributed by atoms with E-state index in [9.17, 15) is 13.2 Å². The molecule has 0 spiro atoms. The van der Waals surface area contributed by atoms with Crippen molar-refractivity contribution in [3.05, 3.63) is 71.4 Å². The fourth-order valence-corrected chi connectivity index (χ4v) is 4.24. The maximum absolute atomic E-state index is 12.6. The highest BCUT2D eigenvalue weighted by Gasteiger charge is 2.34. The molecule has 2 atom stereocenters. The minimum atomic E-state index is -3.23. The van der Waals surface area contributed by atoms with Crippen LogP contribution in [0.1, 0.15) is 16.8 Å². The molecular weight excluding hydrogens is 390 g/mol. The van der Waals surface area contributed by atoms with Crippen LogP contribution in [-0.2, 0) is 9.84 Å². The second kappa shape index (κ2) is 7.81. The minimum absolute atomic E-state index is 0.134. The van der Waals surface area contributed by atoms with Crippen molar-refractivity contribution >= 4 is 22.0 Å². The van der Waals surface area contributed by atoms with E-state index in [0.29, 0.717) is 30.0 Å². The monoisotopic (exact) mass is 411 g/mol. The molecule has 2 aromatic rings. The summed E-state index contributed by atoms with van der Waals surface area (Å²) in [7, 11) is -3.23. The molecule has 0 bridgehead atoms. The van der Waals surface area contributed by atoms with Gasteiger partial charge in [-0.25, -0.2) is 8.42 Å². The molecule has 150 valence electrons. The fourth-order valence-electron chi connectivity index (χ4n) is 3.36. The van der Waals surface area contributed by atoms with Crippen molar-refractivity contribution in [1.82, 2.24) is 10.6 Å². The van der Waals surface area contributed by atoms with Crippen LogP contribution in [0.25, 0.3) is 0 Å². The Morgan fingerprint density at radius 2 is 1.79 bits per heavy atom. The van der Waals surface area contributed by atoms with Crippen molar-refractivity contribution in [2.45, 2.75) is 17.8 Å². The molecule has 2 aliphatic rings. The molecule has 2 aromatic carbocycles. The summed E-state index contributed by atoms with van der Waals surface area (Å²) in [5.41, 5.74) is 1.90. The van der Waals surface area contributed by atoms with Gasteiger partial charge in [-0.15, -0.1) is 0 Å². The minimum Gasteiger partial charge on any atom is -0.457 e. The van der Waals surface area contributed by atoms with Crippen LogP contribution in [0.2, 0.25) is 0 Å². The third-order valence-electron chi connectivity index (χ3n) is 4.94. The smallest absolute Gasteiger partial charge is 0.255 e. The maximum atomic E-state index is 12.6. The average molecular weight is 411 g/mol. The van der Waals surface area contributed by atoms with Crippen LogP contribution < -0.4 is 15.4 Å². The van der Waals surface area contributed by atoms with Gasteiger partial charge in [-0.2, -0.15) is 0 Å². The van der Waals surface area contributed by atoms with E-state index in [0.717, 1.165) is 11.3 Å². The van der Waals surface area contributed by atoms with Crippen molar-refractivity contribution in [1.29, 1.82) is 0 Å². The molecule has 29 heavy (non-hydrogen) atoms. The number of carbonyl (C=O) groups is 1. The highest BCUT2D eigenvalue weighted by molar-refractivity contribution is 7.91. The van der Waals surface area contributed by atoms with Gasteiger partial charge in [0, 0.05) is 31.0 Å². The van der Waals surface area contributed by atoms with Crippen LogP contribution in [0, 0.1) is 0 Å². The van der Waals surface area contributed by atoms with E-state index in [1.807, 2.05) is 30.3 Å². The van der Waals surface area contributed by atoms with Crippen LogP contribution in [0.3, 0.4) is 0 Å². The first-order valence-corrected chi connectivity index (χ1v) is 11.2. The molecule has 1 fully saturated rings. The largest absolute Gasteiger partial charge is 0.457 e. The number of amides is 1. The normalized spacial score (nSPS) is 21.0. The summed E-state index contributed by atoms with van der Waals surface area (Å²) in [6.07, 6.45) is 3.12. The van der Waals surface area contributed by atoms with Crippen LogP contribution >= 0.6 is 0 Å². The number of aliphatic imine (C=N–C) groups is 1. The zero-order valence-electron chi connectivity index (χ0n) is 15.8. The van der Waals surface area contributed by atoms with E-state index in [4.69, 9.17) is 4.74 Å². The average Bonchev–Trinajstić information content (AvgIpc) is 3.11. The Kier molecular flexibility index (Phi) is 5.21. The van der Waals surface area contributed by atoms with Crippen LogP contribution in [0.15, 0.2) is 70.9 Å². The lowest BCUT2D eigenvalue weighted by Crippen LogP contribution is -2.46. The molecule has 1 saturated heterocycles. The molecule has 1 amide bonds.